The minimum Gasteiger partial charge on any atom is -0.490 e. The van der Waals surface area contributed by atoms with Crippen LogP contribution in [0.3, 0.4) is 0 Å². The average Bonchev–Trinajstić information content (AvgIpc) is 2.36. The molecule has 2 rings (SSSR count). The maximum Gasteiger partial charge on any atom is 0.120 e. The Morgan fingerprint density at radius 1 is 1.17 bits per heavy atom. The molecule has 18 heavy (non-hydrogen) atoms. The molecule has 1 aliphatic rings. The van der Waals surface area contributed by atoms with Crippen molar-refractivity contribution in [2.75, 3.05) is 0 Å². The van der Waals surface area contributed by atoms with Gasteiger partial charge in [-0.3, -0.25) is 0 Å². The first-order valence-electron chi connectivity index (χ1n) is 7.05. The van der Waals surface area contributed by atoms with E-state index in [1.54, 1.807) is 0 Å². The van der Waals surface area contributed by atoms with E-state index in [9.17, 15) is 0 Å². The molecule has 0 aromatic heterocycles. The van der Waals surface area contributed by atoms with E-state index in [1.165, 1.54) is 47.7 Å². The number of hydrogen-bond donors (Lipinski definition) is 0. The zero-order valence-electron chi connectivity index (χ0n) is 11.6. The summed E-state index contributed by atoms with van der Waals surface area (Å²) in [6.07, 6.45) is 6.89. The van der Waals surface area contributed by atoms with Gasteiger partial charge in [0.2, 0.25) is 0 Å². The van der Waals surface area contributed by atoms with E-state index >= 15 is 0 Å². The van der Waals surface area contributed by atoms with Crippen molar-refractivity contribution < 1.29 is 4.74 Å². The summed E-state index contributed by atoms with van der Waals surface area (Å²) in [4.78, 5) is 0. The first kappa shape index (κ1) is 13.9. The number of rotatable bonds is 3. The fourth-order valence-electron chi connectivity index (χ4n) is 2.94. The number of halogens is 1. The predicted molar refractivity (Wildman–Crippen MR) is 80.3 cm³/mol. The molecule has 0 amide bonds. The van der Waals surface area contributed by atoms with Gasteiger partial charge >= 0.3 is 0 Å². The maximum absolute atomic E-state index is 6.25. The fourth-order valence-corrected chi connectivity index (χ4v) is 3.17. The van der Waals surface area contributed by atoms with Gasteiger partial charge in [-0.2, -0.15) is 0 Å². The first-order valence-corrected chi connectivity index (χ1v) is 7.84. The normalized spacial score (nSPS) is 24.0. The number of benzene rings is 1. The second-order valence-electron chi connectivity index (χ2n) is 5.48. The van der Waals surface area contributed by atoms with Crippen LogP contribution >= 0.6 is 15.9 Å². The fraction of sp³-hybridized carbons (Fsp3) is 0.625. The summed E-state index contributed by atoms with van der Waals surface area (Å²) < 4.78 is 7.45. The number of hydrogen-bond acceptors (Lipinski definition) is 1. The Bertz CT molecular complexity index is 391. The summed E-state index contributed by atoms with van der Waals surface area (Å²) in [6.45, 7) is 6.54. The highest BCUT2D eigenvalue weighted by Gasteiger charge is 2.25. The van der Waals surface area contributed by atoms with Crippen molar-refractivity contribution in [2.24, 2.45) is 5.92 Å². The summed E-state index contributed by atoms with van der Waals surface area (Å²) in [7, 11) is 0. The average molecular weight is 311 g/mol. The molecule has 0 bridgehead atoms. The molecular weight excluding hydrogens is 288 g/mol. The van der Waals surface area contributed by atoms with Gasteiger partial charge < -0.3 is 4.74 Å². The smallest absolute Gasteiger partial charge is 0.120 e. The molecule has 1 nitrogen and oxygen atoms in total. The van der Waals surface area contributed by atoms with Crippen LogP contribution in [0, 0.1) is 19.8 Å². The maximum atomic E-state index is 6.25. The second kappa shape index (κ2) is 6.10. The van der Waals surface area contributed by atoms with E-state index in [0.29, 0.717) is 6.10 Å². The SMILES string of the molecule is CCC1CCCCC1Oc1cc(C)c(Br)c(C)c1. The van der Waals surface area contributed by atoms with E-state index in [0.717, 1.165) is 11.7 Å². The highest BCUT2D eigenvalue weighted by atomic mass is 79.9. The lowest BCUT2D eigenvalue weighted by Gasteiger charge is -2.31. The number of ether oxygens (including phenoxy) is 1. The summed E-state index contributed by atoms with van der Waals surface area (Å²) >= 11 is 3.61. The molecule has 1 aromatic carbocycles. The largest absolute Gasteiger partial charge is 0.490 e. The molecule has 2 unspecified atom stereocenters. The Hall–Kier alpha value is -0.500. The van der Waals surface area contributed by atoms with E-state index in [2.05, 4.69) is 48.8 Å². The van der Waals surface area contributed by atoms with Crippen molar-refractivity contribution in [1.82, 2.24) is 0 Å². The third-order valence-corrected chi connectivity index (χ3v) is 5.31. The van der Waals surface area contributed by atoms with Crippen molar-refractivity contribution in [2.45, 2.75) is 59.0 Å². The second-order valence-corrected chi connectivity index (χ2v) is 6.27. The molecule has 1 fully saturated rings. The quantitative estimate of drug-likeness (QED) is 0.725. The minimum absolute atomic E-state index is 0.420. The third-order valence-electron chi connectivity index (χ3n) is 4.06. The van der Waals surface area contributed by atoms with E-state index in [1.807, 2.05) is 0 Å². The topological polar surface area (TPSA) is 9.23 Å². The van der Waals surface area contributed by atoms with E-state index < -0.39 is 0 Å². The molecule has 0 aliphatic heterocycles. The lowest BCUT2D eigenvalue weighted by atomic mass is 9.85. The molecular formula is C16H23BrO. The molecule has 1 aromatic rings. The van der Waals surface area contributed by atoms with Gasteiger partial charge in [0.05, 0.1) is 0 Å². The van der Waals surface area contributed by atoms with Gasteiger partial charge in [0.25, 0.3) is 0 Å². The van der Waals surface area contributed by atoms with Crippen molar-refractivity contribution in [3.05, 3.63) is 27.7 Å². The van der Waals surface area contributed by atoms with Gasteiger partial charge in [-0.25, -0.2) is 0 Å². The van der Waals surface area contributed by atoms with Crippen LogP contribution in [0.25, 0.3) is 0 Å². The Morgan fingerprint density at radius 2 is 1.78 bits per heavy atom. The highest BCUT2D eigenvalue weighted by Crippen LogP contribution is 2.32. The number of aryl methyl sites for hydroxylation is 2. The Kier molecular flexibility index (Phi) is 4.71. The van der Waals surface area contributed by atoms with Crippen LogP contribution in [0.2, 0.25) is 0 Å². The monoisotopic (exact) mass is 310 g/mol. The molecule has 2 heteroatoms. The molecule has 0 heterocycles. The van der Waals surface area contributed by atoms with Crippen LogP contribution in [0.4, 0.5) is 0 Å². The summed E-state index contributed by atoms with van der Waals surface area (Å²) in [5.74, 6) is 1.78. The van der Waals surface area contributed by atoms with Crippen molar-refractivity contribution in [3.63, 3.8) is 0 Å². The zero-order valence-corrected chi connectivity index (χ0v) is 13.2. The minimum atomic E-state index is 0.420. The van der Waals surface area contributed by atoms with Crippen LogP contribution in [0.1, 0.15) is 50.2 Å². The van der Waals surface area contributed by atoms with Gasteiger partial charge in [-0.05, 0) is 68.7 Å². The summed E-state index contributed by atoms with van der Waals surface area (Å²) in [5, 5.41) is 0. The van der Waals surface area contributed by atoms with Gasteiger partial charge in [-0.1, -0.05) is 29.3 Å². The Balaban J connectivity index is 2.13. The van der Waals surface area contributed by atoms with Crippen LogP contribution in [-0.4, -0.2) is 6.10 Å². The Labute approximate surface area is 119 Å². The highest BCUT2D eigenvalue weighted by molar-refractivity contribution is 9.10. The van der Waals surface area contributed by atoms with Gasteiger partial charge in [-0.15, -0.1) is 0 Å². The zero-order chi connectivity index (χ0) is 13.1. The van der Waals surface area contributed by atoms with Crippen molar-refractivity contribution in [3.8, 4) is 5.75 Å². The summed E-state index contributed by atoms with van der Waals surface area (Å²) in [6, 6.07) is 4.30. The molecule has 1 aliphatic carbocycles. The van der Waals surface area contributed by atoms with Crippen LogP contribution < -0.4 is 4.74 Å². The van der Waals surface area contributed by atoms with Crippen molar-refractivity contribution in [1.29, 1.82) is 0 Å². The van der Waals surface area contributed by atoms with Crippen LogP contribution in [0.15, 0.2) is 16.6 Å². The van der Waals surface area contributed by atoms with Crippen LogP contribution in [-0.2, 0) is 0 Å². The summed E-state index contributed by atoms with van der Waals surface area (Å²) in [5.41, 5.74) is 2.52. The molecule has 0 saturated heterocycles. The standard InChI is InChI=1S/C16H23BrO/c1-4-13-7-5-6-8-15(13)18-14-9-11(2)16(17)12(3)10-14/h9-10,13,15H,4-8H2,1-3H3. The van der Waals surface area contributed by atoms with Crippen molar-refractivity contribution >= 4 is 15.9 Å². The lowest BCUT2D eigenvalue weighted by Crippen LogP contribution is -2.29. The molecule has 0 spiro atoms. The molecule has 1 saturated carbocycles. The third kappa shape index (κ3) is 3.09. The first-order chi connectivity index (χ1) is 8.61. The molecule has 0 N–H and O–H groups in total. The lowest BCUT2D eigenvalue weighted by molar-refractivity contribution is 0.0903. The molecule has 0 radical (unpaired) electrons. The predicted octanol–water partition coefficient (Wildman–Crippen LogP) is 5.41. The molecule has 100 valence electrons. The van der Waals surface area contributed by atoms with Crippen LogP contribution in [0.5, 0.6) is 5.75 Å². The van der Waals surface area contributed by atoms with Gasteiger partial charge in [0, 0.05) is 4.47 Å². The van der Waals surface area contributed by atoms with Gasteiger partial charge in [0.15, 0.2) is 0 Å². The van der Waals surface area contributed by atoms with E-state index in [4.69, 9.17) is 4.74 Å². The molecule has 2 atom stereocenters. The van der Waals surface area contributed by atoms with E-state index in [-0.39, 0.29) is 0 Å². The van der Waals surface area contributed by atoms with Gasteiger partial charge in [0.1, 0.15) is 11.9 Å². The Morgan fingerprint density at radius 3 is 2.39 bits per heavy atom.